The summed E-state index contributed by atoms with van der Waals surface area (Å²) in [6.07, 6.45) is 0. The number of nitrogens with zero attached hydrogens (tertiary/aromatic N) is 2. The number of phenolic OH excluding ortho intramolecular Hbond substituents is 1. The van der Waals surface area contributed by atoms with E-state index in [0.717, 1.165) is 54.3 Å². The number of methoxy groups -OCH3 is 1. The molecule has 1 N–H and O–H groups in total. The summed E-state index contributed by atoms with van der Waals surface area (Å²) in [6, 6.07) is 29.9. The molecular formula is C31H31FN2O3. The molecule has 0 aliphatic carbocycles. The first kappa shape index (κ1) is 24.7. The smallest absolute Gasteiger partial charge is 0.165 e. The largest absolute Gasteiger partial charge is 0.508 e. The molecule has 1 heterocycles. The number of hydrogen-bond donors (Lipinski definition) is 1. The quantitative estimate of drug-likeness (QED) is 0.321. The molecule has 1 fully saturated rings. The summed E-state index contributed by atoms with van der Waals surface area (Å²) < 4.78 is 26.3. The minimum absolute atomic E-state index is 0.204. The molecule has 0 saturated carbocycles. The number of phenols is 1. The maximum absolute atomic E-state index is 15.2. The Hall–Kier alpha value is -4.03. The Morgan fingerprint density at radius 3 is 2.22 bits per heavy atom. The Kier molecular flexibility index (Phi) is 7.57. The van der Waals surface area contributed by atoms with Crippen LogP contribution < -0.4 is 14.4 Å². The van der Waals surface area contributed by atoms with Gasteiger partial charge in [0.15, 0.2) is 11.6 Å². The molecule has 0 amide bonds. The van der Waals surface area contributed by atoms with Crippen molar-refractivity contribution in [1.29, 1.82) is 0 Å². The van der Waals surface area contributed by atoms with E-state index in [2.05, 4.69) is 21.9 Å². The van der Waals surface area contributed by atoms with Gasteiger partial charge in [0.25, 0.3) is 0 Å². The summed E-state index contributed by atoms with van der Waals surface area (Å²) in [4.78, 5) is 4.63. The van der Waals surface area contributed by atoms with Crippen molar-refractivity contribution in [2.24, 2.45) is 0 Å². The van der Waals surface area contributed by atoms with Crippen molar-refractivity contribution in [1.82, 2.24) is 4.90 Å². The second kappa shape index (κ2) is 11.4. The molecule has 37 heavy (non-hydrogen) atoms. The molecule has 1 aliphatic rings. The second-order valence-corrected chi connectivity index (χ2v) is 9.15. The van der Waals surface area contributed by atoms with E-state index in [-0.39, 0.29) is 17.5 Å². The number of aromatic hydroxyl groups is 1. The highest BCUT2D eigenvalue weighted by molar-refractivity contribution is 5.50. The normalized spacial score (nSPS) is 14.8. The van der Waals surface area contributed by atoms with E-state index in [0.29, 0.717) is 6.61 Å². The Labute approximate surface area is 217 Å². The summed E-state index contributed by atoms with van der Waals surface area (Å²) in [5.41, 5.74) is 3.67. The van der Waals surface area contributed by atoms with E-state index < -0.39 is 5.82 Å². The van der Waals surface area contributed by atoms with Crippen molar-refractivity contribution in [3.8, 4) is 17.2 Å². The van der Waals surface area contributed by atoms with Crippen LogP contribution in [0.2, 0.25) is 0 Å². The third-order valence-electron chi connectivity index (χ3n) is 6.86. The van der Waals surface area contributed by atoms with Gasteiger partial charge in [-0.15, -0.1) is 0 Å². The van der Waals surface area contributed by atoms with Crippen molar-refractivity contribution in [3.63, 3.8) is 0 Å². The molecule has 1 atom stereocenters. The predicted molar refractivity (Wildman–Crippen MR) is 144 cm³/mol. The number of para-hydroxylation sites is 1. The number of halogens is 1. The second-order valence-electron chi connectivity index (χ2n) is 9.15. The highest BCUT2D eigenvalue weighted by Crippen LogP contribution is 2.36. The van der Waals surface area contributed by atoms with Gasteiger partial charge in [-0.2, -0.15) is 0 Å². The van der Waals surface area contributed by atoms with Gasteiger partial charge in [0, 0.05) is 37.4 Å². The molecule has 5 rings (SSSR count). The van der Waals surface area contributed by atoms with E-state index in [1.54, 1.807) is 25.3 Å². The number of benzene rings is 4. The summed E-state index contributed by atoms with van der Waals surface area (Å²) in [6.45, 7) is 3.46. The van der Waals surface area contributed by atoms with Crippen LogP contribution >= 0.6 is 0 Å². The number of rotatable bonds is 8. The highest BCUT2D eigenvalue weighted by atomic mass is 19.1. The van der Waals surface area contributed by atoms with Gasteiger partial charge in [0.05, 0.1) is 13.2 Å². The van der Waals surface area contributed by atoms with Crippen molar-refractivity contribution < 1.29 is 19.0 Å². The van der Waals surface area contributed by atoms with Gasteiger partial charge in [0.1, 0.15) is 18.1 Å². The Morgan fingerprint density at radius 2 is 1.54 bits per heavy atom. The first-order valence-electron chi connectivity index (χ1n) is 12.5. The molecule has 5 nitrogen and oxygen atoms in total. The van der Waals surface area contributed by atoms with E-state index in [1.807, 2.05) is 60.7 Å². The monoisotopic (exact) mass is 498 g/mol. The summed E-state index contributed by atoms with van der Waals surface area (Å²) >= 11 is 0. The SMILES string of the molecule is COc1ccc(N2CCN(C(c3ccc(OCc4ccccc4)c(F)c3)c3ccccc3O)CC2)cc1. The van der Waals surface area contributed by atoms with Gasteiger partial charge in [0.2, 0.25) is 0 Å². The number of anilines is 1. The molecule has 1 aliphatic heterocycles. The van der Waals surface area contributed by atoms with Crippen LogP contribution in [0.25, 0.3) is 0 Å². The van der Waals surface area contributed by atoms with Crippen molar-refractivity contribution >= 4 is 5.69 Å². The summed E-state index contributed by atoms with van der Waals surface area (Å²) in [5, 5.41) is 10.7. The number of hydrogen-bond acceptors (Lipinski definition) is 5. The van der Waals surface area contributed by atoms with Crippen LogP contribution in [0.1, 0.15) is 22.7 Å². The molecule has 4 aromatic rings. The van der Waals surface area contributed by atoms with E-state index in [9.17, 15) is 5.11 Å². The molecule has 0 aromatic heterocycles. The number of piperazine rings is 1. The molecule has 6 heteroatoms. The lowest BCUT2D eigenvalue weighted by atomic mass is 9.95. The lowest BCUT2D eigenvalue weighted by Gasteiger charge is -2.40. The zero-order chi connectivity index (χ0) is 25.6. The first-order valence-corrected chi connectivity index (χ1v) is 12.5. The first-order chi connectivity index (χ1) is 18.1. The third kappa shape index (κ3) is 5.70. The molecule has 1 unspecified atom stereocenters. The predicted octanol–water partition coefficient (Wildman–Crippen LogP) is 6.03. The van der Waals surface area contributed by atoms with Crippen LogP contribution in [0.5, 0.6) is 17.2 Å². The lowest BCUT2D eigenvalue weighted by Crippen LogP contribution is -2.48. The third-order valence-corrected chi connectivity index (χ3v) is 6.86. The van der Waals surface area contributed by atoms with Crippen molar-refractivity contribution in [3.05, 3.63) is 120 Å². The van der Waals surface area contributed by atoms with E-state index >= 15 is 4.39 Å². The Bertz CT molecular complexity index is 1310. The average molecular weight is 499 g/mol. The van der Waals surface area contributed by atoms with Crippen LogP contribution in [0.15, 0.2) is 97.1 Å². The average Bonchev–Trinajstić information content (AvgIpc) is 2.95. The minimum atomic E-state index is -0.411. The number of ether oxygens (including phenoxy) is 2. The summed E-state index contributed by atoms with van der Waals surface area (Å²) in [7, 11) is 1.66. The van der Waals surface area contributed by atoms with Gasteiger partial charge in [-0.25, -0.2) is 4.39 Å². The maximum Gasteiger partial charge on any atom is 0.165 e. The summed E-state index contributed by atoms with van der Waals surface area (Å²) in [5.74, 6) is 0.841. The zero-order valence-corrected chi connectivity index (χ0v) is 20.9. The van der Waals surface area contributed by atoms with E-state index in [1.165, 1.54) is 6.07 Å². The molecule has 0 bridgehead atoms. The Balaban J connectivity index is 1.36. The molecule has 190 valence electrons. The Morgan fingerprint density at radius 1 is 0.838 bits per heavy atom. The van der Waals surface area contributed by atoms with Crippen LogP contribution in [-0.2, 0) is 6.61 Å². The fourth-order valence-electron chi connectivity index (χ4n) is 4.88. The van der Waals surface area contributed by atoms with Gasteiger partial charge in [-0.05, 0) is 53.6 Å². The molecule has 0 spiro atoms. The van der Waals surface area contributed by atoms with Crippen LogP contribution in [0.4, 0.5) is 10.1 Å². The fraction of sp³-hybridized carbons (Fsp3) is 0.226. The standard InChI is InChI=1S/C31H31FN2O3/c1-36-26-14-12-25(13-15-26)33-17-19-34(20-18-33)31(27-9-5-6-10-29(27)35)24-11-16-30(28(32)21-24)37-22-23-7-3-2-4-8-23/h2-16,21,31,35H,17-20,22H2,1H3. The molecule has 4 aromatic carbocycles. The fourth-order valence-corrected chi connectivity index (χ4v) is 4.88. The molecule has 1 saturated heterocycles. The highest BCUT2D eigenvalue weighted by Gasteiger charge is 2.29. The van der Waals surface area contributed by atoms with Gasteiger partial charge in [-0.1, -0.05) is 54.6 Å². The van der Waals surface area contributed by atoms with Crippen LogP contribution in [0.3, 0.4) is 0 Å². The van der Waals surface area contributed by atoms with Gasteiger partial charge < -0.3 is 19.5 Å². The van der Waals surface area contributed by atoms with Crippen molar-refractivity contribution in [2.75, 3.05) is 38.2 Å². The topological polar surface area (TPSA) is 45.2 Å². The lowest BCUT2D eigenvalue weighted by molar-refractivity contribution is 0.208. The minimum Gasteiger partial charge on any atom is -0.508 e. The van der Waals surface area contributed by atoms with Gasteiger partial charge >= 0.3 is 0 Å². The molecular weight excluding hydrogens is 467 g/mol. The zero-order valence-electron chi connectivity index (χ0n) is 20.9. The molecule has 0 radical (unpaired) electrons. The van der Waals surface area contributed by atoms with Gasteiger partial charge in [-0.3, -0.25) is 4.90 Å². The van der Waals surface area contributed by atoms with Crippen molar-refractivity contribution in [2.45, 2.75) is 12.6 Å². The van der Waals surface area contributed by atoms with E-state index in [4.69, 9.17) is 9.47 Å². The van der Waals surface area contributed by atoms with Crippen LogP contribution in [0, 0.1) is 5.82 Å². The van der Waals surface area contributed by atoms with Crippen LogP contribution in [-0.4, -0.2) is 43.3 Å². The maximum atomic E-state index is 15.2.